The number of carbonyl (C=O) groups excluding carboxylic acids is 2. The van der Waals surface area contributed by atoms with Gasteiger partial charge in [-0.25, -0.2) is 9.59 Å². The Morgan fingerprint density at radius 3 is 1.17 bits per heavy atom. The fourth-order valence-corrected chi connectivity index (χ4v) is 6.61. The van der Waals surface area contributed by atoms with Crippen molar-refractivity contribution in [3.05, 3.63) is 142 Å². The molecule has 3 aliphatic rings. The Morgan fingerprint density at radius 2 is 0.857 bits per heavy atom. The van der Waals surface area contributed by atoms with E-state index in [0.29, 0.717) is 11.1 Å². The number of fused-ring (bicyclic) bond motifs is 1. The molecule has 3 aliphatic carbocycles. The van der Waals surface area contributed by atoms with Crippen molar-refractivity contribution in [3.63, 3.8) is 0 Å². The summed E-state index contributed by atoms with van der Waals surface area (Å²) in [7, 11) is 0. The number of esters is 2. The minimum Gasteiger partial charge on any atom is -0.454 e. The molecule has 4 aromatic carbocycles. The molecule has 0 N–H and O–H groups in total. The summed E-state index contributed by atoms with van der Waals surface area (Å²) in [5, 5.41) is 0. The summed E-state index contributed by atoms with van der Waals surface area (Å²) < 4.78 is 12.7. The number of benzene rings is 4. The number of hydrogen-bond acceptors (Lipinski definition) is 4. The smallest absolute Gasteiger partial charge is 0.338 e. The third-order valence-corrected chi connectivity index (χ3v) is 8.82. The highest BCUT2D eigenvalue weighted by atomic mass is 16.6. The lowest BCUT2D eigenvalue weighted by atomic mass is 9.61. The number of ether oxygens (including phenoxy) is 2. The van der Waals surface area contributed by atoms with Gasteiger partial charge < -0.3 is 9.47 Å². The van der Waals surface area contributed by atoms with E-state index in [4.69, 9.17) is 9.47 Å². The maximum Gasteiger partial charge on any atom is 0.338 e. The van der Waals surface area contributed by atoms with E-state index < -0.39 is 24.1 Å². The largest absolute Gasteiger partial charge is 0.454 e. The second-order valence-electron chi connectivity index (χ2n) is 11.6. The van der Waals surface area contributed by atoms with Gasteiger partial charge in [0.25, 0.3) is 0 Å². The van der Waals surface area contributed by atoms with E-state index >= 15 is 0 Å². The predicted molar refractivity (Wildman–Crippen MR) is 165 cm³/mol. The maximum absolute atomic E-state index is 13.6. The van der Waals surface area contributed by atoms with Gasteiger partial charge in [0, 0.05) is 0 Å². The highest BCUT2D eigenvalue weighted by molar-refractivity contribution is 5.91. The van der Waals surface area contributed by atoms with Crippen molar-refractivity contribution >= 4 is 11.9 Å². The minimum absolute atomic E-state index is 0.232. The molecule has 214 valence electrons. The molecule has 0 aromatic heterocycles. The molecule has 0 fully saturated rings. The minimum atomic E-state index is -0.653. The Kier molecular flexibility index (Phi) is 8.23. The fourth-order valence-electron chi connectivity index (χ4n) is 6.61. The zero-order valence-corrected chi connectivity index (χ0v) is 24.4. The van der Waals surface area contributed by atoms with E-state index in [0.717, 1.165) is 60.8 Å². The molecule has 0 spiro atoms. The summed E-state index contributed by atoms with van der Waals surface area (Å²) in [5.74, 6) is -1.26. The molecule has 4 nitrogen and oxygen atoms in total. The Morgan fingerprint density at radius 1 is 0.524 bits per heavy atom. The second-order valence-corrected chi connectivity index (χ2v) is 11.6. The van der Waals surface area contributed by atoms with Gasteiger partial charge in [-0.1, -0.05) is 99.5 Å². The first-order valence-corrected chi connectivity index (χ1v) is 15.4. The lowest BCUT2D eigenvalue weighted by Gasteiger charge is -2.49. The molecule has 0 amide bonds. The number of hydrogen-bond donors (Lipinski definition) is 0. The van der Waals surface area contributed by atoms with Gasteiger partial charge in [0.2, 0.25) is 0 Å². The van der Waals surface area contributed by atoms with Crippen molar-refractivity contribution in [2.45, 2.75) is 76.4 Å². The van der Waals surface area contributed by atoms with Gasteiger partial charge >= 0.3 is 11.9 Å². The highest BCUT2D eigenvalue weighted by Gasteiger charge is 2.53. The van der Waals surface area contributed by atoms with E-state index in [1.54, 1.807) is 0 Å². The second kappa shape index (κ2) is 12.4. The monoisotopic (exact) mass is 558 g/mol. The average molecular weight is 559 g/mol. The molecule has 7 rings (SSSR count). The molecule has 0 aliphatic heterocycles. The van der Waals surface area contributed by atoms with E-state index in [9.17, 15) is 9.59 Å². The number of aryl methyl sites for hydroxylation is 2. The van der Waals surface area contributed by atoms with Gasteiger partial charge in [0.05, 0.1) is 23.0 Å². The number of carbonyl (C=O) groups is 2. The standard InChI is InChI=1S/C38H38O4/c1-3-5-11-25-17-21-27(22-18-25)37(39)41-35-33-29-13-7-9-15-31(29)34(32-16-10-8-14-30(32)33)36(35)42-38(40)28-23-19-26(20-24-28)12-6-4-2/h7-10,13-24,33-36H,3-6,11-12H2,1-2H3. The normalized spacial score (nSPS) is 20.0. The number of rotatable bonds is 10. The third-order valence-electron chi connectivity index (χ3n) is 8.82. The van der Waals surface area contributed by atoms with Crippen LogP contribution in [0.4, 0.5) is 0 Å². The molecule has 4 heteroatoms. The summed E-state index contributed by atoms with van der Waals surface area (Å²) in [6.07, 6.45) is 5.15. The van der Waals surface area contributed by atoms with Gasteiger partial charge in [-0.2, -0.15) is 0 Å². The highest BCUT2D eigenvalue weighted by Crippen LogP contribution is 2.54. The van der Waals surface area contributed by atoms with Crippen molar-refractivity contribution in [2.75, 3.05) is 0 Å². The first-order valence-electron chi connectivity index (χ1n) is 15.4. The van der Waals surface area contributed by atoms with Crippen LogP contribution < -0.4 is 0 Å². The van der Waals surface area contributed by atoms with E-state index in [1.807, 2.05) is 72.8 Å². The van der Waals surface area contributed by atoms with Crippen molar-refractivity contribution in [1.82, 2.24) is 0 Å². The van der Waals surface area contributed by atoms with Crippen LogP contribution in [0.1, 0.15) is 105 Å². The third kappa shape index (κ3) is 5.38. The SMILES string of the molecule is CCCCc1ccc(C(=O)OC2C3c4ccccc4C(c4ccccc43)C2OC(=O)c2ccc(CCCC)cc2)cc1. The molecule has 42 heavy (non-hydrogen) atoms. The van der Waals surface area contributed by atoms with Crippen LogP contribution in [0.25, 0.3) is 0 Å². The molecule has 0 radical (unpaired) electrons. The fraction of sp³-hybridized carbons (Fsp3) is 0.316. The van der Waals surface area contributed by atoms with E-state index in [2.05, 4.69) is 38.1 Å². The lowest BCUT2D eigenvalue weighted by molar-refractivity contribution is -0.0557. The molecule has 2 bridgehead atoms. The number of unbranched alkanes of at least 4 members (excludes halogenated alkanes) is 2. The molecule has 0 heterocycles. The van der Waals surface area contributed by atoms with Crippen LogP contribution >= 0.6 is 0 Å². The topological polar surface area (TPSA) is 52.6 Å². The van der Waals surface area contributed by atoms with Crippen LogP contribution in [-0.4, -0.2) is 24.1 Å². The summed E-state index contributed by atoms with van der Waals surface area (Å²) >= 11 is 0. The van der Waals surface area contributed by atoms with Crippen molar-refractivity contribution in [2.24, 2.45) is 0 Å². The predicted octanol–water partition coefficient (Wildman–Crippen LogP) is 8.41. The first-order chi connectivity index (χ1) is 20.6. The van der Waals surface area contributed by atoms with Gasteiger partial charge in [0.15, 0.2) is 12.2 Å². The van der Waals surface area contributed by atoms with Crippen molar-refractivity contribution < 1.29 is 19.1 Å². The molecular weight excluding hydrogens is 520 g/mol. The Hall–Kier alpha value is -4.18. The van der Waals surface area contributed by atoms with Gasteiger partial charge in [-0.05, 0) is 83.3 Å². The summed E-state index contributed by atoms with van der Waals surface area (Å²) in [4.78, 5) is 27.2. The van der Waals surface area contributed by atoms with Crippen molar-refractivity contribution in [1.29, 1.82) is 0 Å². The molecule has 2 atom stereocenters. The average Bonchev–Trinajstić information content (AvgIpc) is 3.04. The summed E-state index contributed by atoms with van der Waals surface area (Å²) in [5.41, 5.74) is 7.93. The lowest BCUT2D eigenvalue weighted by Crippen LogP contribution is -2.51. The molecular formula is C38H38O4. The molecule has 0 saturated heterocycles. The van der Waals surface area contributed by atoms with Gasteiger partial charge in [-0.15, -0.1) is 0 Å². The Bertz CT molecular complexity index is 1390. The van der Waals surface area contributed by atoms with Crippen LogP contribution in [0.15, 0.2) is 97.1 Å². The van der Waals surface area contributed by atoms with Gasteiger partial charge in [0.1, 0.15) is 0 Å². The van der Waals surface area contributed by atoms with E-state index in [1.165, 1.54) is 11.1 Å². The Balaban J connectivity index is 1.33. The zero-order chi connectivity index (χ0) is 29.1. The van der Waals surface area contributed by atoms with Crippen LogP contribution in [-0.2, 0) is 22.3 Å². The van der Waals surface area contributed by atoms with E-state index in [-0.39, 0.29) is 11.8 Å². The summed E-state index contributed by atoms with van der Waals surface area (Å²) in [6, 6.07) is 31.9. The van der Waals surface area contributed by atoms with Crippen LogP contribution in [0.5, 0.6) is 0 Å². The van der Waals surface area contributed by atoms with Gasteiger partial charge in [-0.3, -0.25) is 0 Å². The zero-order valence-electron chi connectivity index (χ0n) is 24.4. The van der Waals surface area contributed by atoms with Crippen molar-refractivity contribution in [3.8, 4) is 0 Å². The first kappa shape index (κ1) is 28.0. The van der Waals surface area contributed by atoms with Crippen LogP contribution in [0, 0.1) is 0 Å². The Labute approximate surface area is 248 Å². The quantitative estimate of drug-likeness (QED) is 0.183. The maximum atomic E-state index is 13.6. The molecule has 2 unspecified atom stereocenters. The summed E-state index contributed by atoms with van der Waals surface area (Å²) in [6.45, 7) is 4.34. The van der Waals surface area contributed by atoms with Crippen LogP contribution in [0.3, 0.4) is 0 Å². The molecule has 4 aromatic rings. The molecule has 0 saturated carbocycles. The van der Waals surface area contributed by atoms with Crippen LogP contribution in [0.2, 0.25) is 0 Å².